The molecular formula is C15H17BrN2O3. The minimum Gasteiger partial charge on any atom is -0.467 e. The molecule has 0 radical (unpaired) electrons. The fourth-order valence-electron chi connectivity index (χ4n) is 2.37. The molecule has 2 aromatic rings. The number of hydrogen-bond acceptors (Lipinski definition) is 3. The van der Waals surface area contributed by atoms with E-state index in [1.54, 1.807) is 0 Å². The lowest BCUT2D eigenvalue weighted by molar-refractivity contribution is -0.145. The molecule has 1 heterocycles. The molecule has 1 unspecified atom stereocenters. The second kappa shape index (κ2) is 6.30. The fourth-order valence-corrected chi connectivity index (χ4v) is 2.92. The van der Waals surface area contributed by atoms with Crippen molar-refractivity contribution in [2.45, 2.75) is 26.4 Å². The van der Waals surface area contributed by atoms with Gasteiger partial charge in [-0.05, 0) is 28.9 Å². The highest BCUT2D eigenvalue weighted by molar-refractivity contribution is 9.10. The number of methoxy groups -OCH3 is 1. The van der Waals surface area contributed by atoms with Crippen LogP contribution in [-0.4, -0.2) is 29.6 Å². The van der Waals surface area contributed by atoms with E-state index in [-0.39, 0.29) is 5.91 Å². The lowest BCUT2D eigenvalue weighted by Gasteiger charge is -2.18. The second-order valence-corrected chi connectivity index (χ2v) is 5.60. The fraction of sp³-hybridized carbons (Fsp3) is 0.333. The average Bonchev–Trinajstić information content (AvgIpc) is 2.71. The van der Waals surface area contributed by atoms with Gasteiger partial charge in [-0.3, -0.25) is 4.79 Å². The molecule has 0 aliphatic carbocycles. The van der Waals surface area contributed by atoms with Crippen molar-refractivity contribution in [2.24, 2.45) is 0 Å². The quantitative estimate of drug-likeness (QED) is 0.859. The number of carbonyl (C=O) groups is 2. The Morgan fingerprint density at radius 3 is 2.67 bits per heavy atom. The summed E-state index contributed by atoms with van der Waals surface area (Å²) in [4.78, 5) is 23.1. The highest BCUT2D eigenvalue weighted by Gasteiger charge is 2.23. The molecule has 1 N–H and O–H groups in total. The van der Waals surface area contributed by atoms with Crippen LogP contribution in [0.1, 0.15) is 12.6 Å². The lowest BCUT2D eigenvalue weighted by atomic mass is 10.2. The number of fused-ring (bicyclic) bond motifs is 1. The van der Waals surface area contributed by atoms with Crippen LogP contribution >= 0.6 is 15.9 Å². The van der Waals surface area contributed by atoms with Gasteiger partial charge in [-0.25, -0.2) is 4.79 Å². The van der Waals surface area contributed by atoms with Crippen LogP contribution in [0.5, 0.6) is 0 Å². The van der Waals surface area contributed by atoms with Crippen molar-refractivity contribution in [3.63, 3.8) is 0 Å². The summed E-state index contributed by atoms with van der Waals surface area (Å²) in [5.41, 5.74) is 2.00. The van der Waals surface area contributed by atoms with Gasteiger partial charge in [-0.2, -0.15) is 0 Å². The molecule has 2 rings (SSSR count). The Hall–Kier alpha value is -1.82. The van der Waals surface area contributed by atoms with E-state index in [0.717, 1.165) is 21.1 Å². The number of rotatable bonds is 4. The highest BCUT2D eigenvalue weighted by atomic mass is 79.9. The van der Waals surface area contributed by atoms with E-state index >= 15 is 0 Å². The van der Waals surface area contributed by atoms with Crippen molar-refractivity contribution < 1.29 is 14.3 Å². The third kappa shape index (κ3) is 3.10. The molecule has 5 nitrogen and oxygen atoms in total. The van der Waals surface area contributed by atoms with E-state index in [4.69, 9.17) is 4.74 Å². The minimum absolute atomic E-state index is 0.265. The molecule has 1 aromatic heterocycles. The van der Waals surface area contributed by atoms with Crippen LogP contribution in [0.25, 0.3) is 10.9 Å². The molecule has 1 atom stereocenters. The minimum atomic E-state index is -0.714. The summed E-state index contributed by atoms with van der Waals surface area (Å²) in [7, 11) is 1.31. The van der Waals surface area contributed by atoms with Gasteiger partial charge in [-0.15, -0.1) is 0 Å². The number of amides is 1. The summed E-state index contributed by atoms with van der Waals surface area (Å²) >= 11 is 3.57. The number of benzene rings is 1. The van der Waals surface area contributed by atoms with Gasteiger partial charge >= 0.3 is 5.97 Å². The zero-order valence-electron chi connectivity index (χ0n) is 12.1. The Balaban J connectivity index is 2.43. The Morgan fingerprint density at radius 2 is 2.05 bits per heavy atom. The summed E-state index contributed by atoms with van der Waals surface area (Å²) in [6.45, 7) is 3.67. The van der Waals surface area contributed by atoms with Crippen molar-refractivity contribution in [3.05, 3.63) is 34.4 Å². The van der Waals surface area contributed by atoms with E-state index in [1.807, 2.05) is 35.8 Å². The van der Waals surface area contributed by atoms with Gasteiger partial charge in [0.2, 0.25) is 5.91 Å². The van der Waals surface area contributed by atoms with E-state index in [0.29, 0.717) is 6.54 Å². The van der Waals surface area contributed by atoms with Gasteiger partial charge in [0.05, 0.1) is 13.7 Å². The van der Waals surface area contributed by atoms with Crippen LogP contribution in [-0.2, 0) is 20.9 Å². The zero-order chi connectivity index (χ0) is 15.6. The first-order chi connectivity index (χ1) is 9.95. The predicted octanol–water partition coefficient (Wildman–Crippen LogP) is 2.39. The highest BCUT2D eigenvalue weighted by Crippen LogP contribution is 2.30. The van der Waals surface area contributed by atoms with Crippen LogP contribution < -0.4 is 5.32 Å². The van der Waals surface area contributed by atoms with Gasteiger partial charge in [-0.1, -0.05) is 18.2 Å². The molecular weight excluding hydrogens is 336 g/mol. The Labute approximate surface area is 131 Å². The summed E-state index contributed by atoms with van der Waals surface area (Å²) in [5, 5.41) is 3.70. The smallest absolute Gasteiger partial charge is 0.330 e. The lowest BCUT2D eigenvalue weighted by Crippen LogP contribution is -2.43. The molecule has 1 amide bonds. The average molecular weight is 353 g/mol. The molecule has 0 fully saturated rings. The summed E-state index contributed by atoms with van der Waals surface area (Å²) in [6.07, 6.45) is 0. The number of ether oxygens (including phenoxy) is 1. The number of aromatic nitrogens is 1. The molecule has 0 spiro atoms. The molecule has 0 saturated carbocycles. The van der Waals surface area contributed by atoms with Crippen LogP contribution in [0.2, 0.25) is 0 Å². The molecule has 112 valence electrons. The van der Waals surface area contributed by atoms with Crippen molar-refractivity contribution in [1.29, 1.82) is 0 Å². The van der Waals surface area contributed by atoms with Crippen LogP contribution in [0.3, 0.4) is 0 Å². The summed E-state index contributed by atoms with van der Waals surface area (Å²) in [6, 6.07) is 7.18. The maximum Gasteiger partial charge on any atom is 0.330 e. The SMILES string of the molecule is COC(=O)C(Cn1c(C)c(Br)c2ccccc21)NC(C)=O. The molecule has 0 saturated heterocycles. The first kappa shape index (κ1) is 15.6. The maximum absolute atomic E-state index is 11.8. The standard InChI is InChI=1S/C15H17BrN2O3/c1-9-14(16)11-6-4-5-7-13(11)18(9)8-12(15(20)21-3)17-10(2)19/h4-7,12H,8H2,1-3H3,(H,17,19). The Bertz CT molecular complexity index is 694. The topological polar surface area (TPSA) is 60.3 Å². The normalized spacial score (nSPS) is 12.2. The van der Waals surface area contributed by atoms with Crippen molar-refractivity contribution in [2.75, 3.05) is 7.11 Å². The molecule has 6 heteroatoms. The van der Waals surface area contributed by atoms with Gasteiger partial charge in [0.15, 0.2) is 0 Å². The summed E-state index contributed by atoms with van der Waals surface area (Å²) in [5.74, 6) is -0.725. The van der Waals surface area contributed by atoms with E-state index in [9.17, 15) is 9.59 Å². The first-order valence-corrected chi connectivity index (χ1v) is 7.33. The monoisotopic (exact) mass is 352 g/mol. The molecule has 0 bridgehead atoms. The Kier molecular flexibility index (Phi) is 4.67. The number of para-hydroxylation sites is 1. The van der Waals surface area contributed by atoms with E-state index < -0.39 is 12.0 Å². The third-order valence-corrected chi connectivity index (χ3v) is 4.38. The van der Waals surface area contributed by atoms with Gasteiger partial charge in [0.1, 0.15) is 6.04 Å². The molecule has 21 heavy (non-hydrogen) atoms. The van der Waals surface area contributed by atoms with Crippen molar-refractivity contribution in [3.8, 4) is 0 Å². The van der Waals surface area contributed by atoms with Gasteiger partial charge in [0.25, 0.3) is 0 Å². The van der Waals surface area contributed by atoms with E-state index in [2.05, 4.69) is 21.2 Å². The zero-order valence-corrected chi connectivity index (χ0v) is 13.7. The second-order valence-electron chi connectivity index (χ2n) is 4.80. The van der Waals surface area contributed by atoms with Crippen molar-refractivity contribution in [1.82, 2.24) is 9.88 Å². The Morgan fingerprint density at radius 1 is 1.38 bits per heavy atom. The number of nitrogens with zero attached hydrogens (tertiary/aromatic N) is 1. The first-order valence-electron chi connectivity index (χ1n) is 6.54. The van der Waals surface area contributed by atoms with Crippen LogP contribution in [0, 0.1) is 6.92 Å². The van der Waals surface area contributed by atoms with Crippen LogP contribution in [0.4, 0.5) is 0 Å². The van der Waals surface area contributed by atoms with Crippen LogP contribution in [0.15, 0.2) is 28.7 Å². The molecule has 0 aliphatic rings. The van der Waals surface area contributed by atoms with Gasteiger partial charge in [0, 0.05) is 28.0 Å². The number of carbonyl (C=O) groups excluding carboxylic acids is 2. The number of hydrogen-bond donors (Lipinski definition) is 1. The number of esters is 1. The van der Waals surface area contributed by atoms with Gasteiger partial charge < -0.3 is 14.6 Å². The maximum atomic E-state index is 11.8. The number of nitrogens with one attached hydrogen (secondary N) is 1. The molecule has 0 aliphatic heterocycles. The third-order valence-electron chi connectivity index (χ3n) is 3.38. The van der Waals surface area contributed by atoms with Crippen molar-refractivity contribution >= 4 is 38.7 Å². The predicted molar refractivity (Wildman–Crippen MR) is 84.0 cm³/mol. The number of halogens is 1. The molecule has 1 aromatic carbocycles. The summed E-state index contributed by atoms with van der Waals surface area (Å²) < 4.78 is 7.75. The van der Waals surface area contributed by atoms with E-state index in [1.165, 1.54) is 14.0 Å². The largest absolute Gasteiger partial charge is 0.467 e.